The lowest BCUT2D eigenvalue weighted by atomic mass is 10.1. The summed E-state index contributed by atoms with van der Waals surface area (Å²) in [5.74, 6) is -0.117. The summed E-state index contributed by atoms with van der Waals surface area (Å²) < 4.78 is 5.08. The summed E-state index contributed by atoms with van der Waals surface area (Å²) in [5.41, 5.74) is 1.21. The number of anilines is 1. The molecule has 1 N–H and O–H groups in total. The fourth-order valence-electron chi connectivity index (χ4n) is 1.64. The second-order valence-corrected chi connectivity index (χ2v) is 4.17. The first-order valence-electron chi connectivity index (χ1n) is 5.53. The molecule has 0 spiro atoms. The van der Waals surface area contributed by atoms with Crippen LogP contribution in [0.25, 0.3) is 0 Å². The third-order valence-electron chi connectivity index (χ3n) is 2.84. The van der Waals surface area contributed by atoms with Gasteiger partial charge < -0.3 is 14.7 Å². The summed E-state index contributed by atoms with van der Waals surface area (Å²) >= 11 is 0. The van der Waals surface area contributed by atoms with Crippen molar-refractivity contribution in [1.82, 2.24) is 0 Å². The van der Waals surface area contributed by atoms with E-state index in [1.54, 1.807) is 19.2 Å². The Morgan fingerprint density at radius 3 is 2.65 bits per heavy atom. The quantitative estimate of drug-likeness (QED) is 0.796. The number of carbonyl (C=O) groups is 1. The van der Waals surface area contributed by atoms with Crippen molar-refractivity contribution in [2.45, 2.75) is 19.9 Å². The number of phenols is 1. The number of hydrogen-bond donors (Lipinski definition) is 1. The van der Waals surface area contributed by atoms with E-state index in [4.69, 9.17) is 4.74 Å². The molecule has 0 aliphatic heterocycles. The van der Waals surface area contributed by atoms with Crippen molar-refractivity contribution in [3.63, 3.8) is 0 Å². The van der Waals surface area contributed by atoms with Crippen LogP contribution in [0.3, 0.4) is 0 Å². The number of rotatable bonds is 5. The van der Waals surface area contributed by atoms with Crippen LogP contribution in [0.4, 0.5) is 5.69 Å². The van der Waals surface area contributed by atoms with Crippen molar-refractivity contribution >= 4 is 11.5 Å². The lowest BCUT2D eigenvalue weighted by Crippen LogP contribution is -2.32. The van der Waals surface area contributed by atoms with E-state index in [0.29, 0.717) is 12.2 Å². The third-order valence-corrected chi connectivity index (χ3v) is 2.84. The predicted molar refractivity (Wildman–Crippen MR) is 67.9 cm³/mol. The van der Waals surface area contributed by atoms with E-state index in [9.17, 15) is 9.90 Å². The molecule has 94 valence electrons. The van der Waals surface area contributed by atoms with Crippen molar-refractivity contribution in [2.75, 3.05) is 25.7 Å². The first-order valence-corrected chi connectivity index (χ1v) is 5.53. The zero-order valence-corrected chi connectivity index (χ0v) is 10.7. The van der Waals surface area contributed by atoms with E-state index >= 15 is 0 Å². The van der Waals surface area contributed by atoms with Crippen LogP contribution >= 0.6 is 0 Å². The topological polar surface area (TPSA) is 49.8 Å². The average molecular weight is 237 g/mol. The molecule has 4 heteroatoms. The molecular formula is C13H19NO3. The number of ether oxygens (including phenoxy) is 1. The largest absolute Gasteiger partial charge is 0.507 e. The first-order chi connectivity index (χ1) is 7.97. The number of methoxy groups -OCH3 is 1. The zero-order chi connectivity index (χ0) is 13.0. The summed E-state index contributed by atoms with van der Waals surface area (Å²) in [6.45, 7) is 4.07. The maximum absolute atomic E-state index is 11.2. The molecular weight excluding hydrogens is 218 g/mol. The molecule has 0 saturated heterocycles. The van der Waals surface area contributed by atoms with Gasteiger partial charge in [0, 0.05) is 32.0 Å². The number of Topliss-reactive ketones (excluding diaryl/α,β-unsaturated/α-hetero) is 1. The van der Waals surface area contributed by atoms with Gasteiger partial charge in [-0.3, -0.25) is 4.79 Å². The SMILES string of the molecule is COCC(C)N(C)c1ccc(C(C)=O)c(O)c1. The Morgan fingerprint density at radius 1 is 1.53 bits per heavy atom. The standard InChI is InChI=1S/C13H19NO3/c1-9(8-17-4)14(3)11-5-6-12(10(2)15)13(16)7-11/h5-7,9,16H,8H2,1-4H3. The van der Waals surface area contributed by atoms with Gasteiger partial charge in [-0.25, -0.2) is 0 Å². The smallest absolute Gasteiger partial charge is 0.163 e. The van der Waals surface area contributed by atoms with Gasteiger partial charge in [0.25, 0.3) is 0 Å². The molecule has 0 amide bonds. The highest BCUT2D eigenvalue weighted by atomic mass is 16.5. The van der Waals surface area contributed by atoms with E-state index in [2.05, 4.69) is 0 Å². The number of nitrogens with zero attached hydrogens (tertiary/aromatic N) is 1. The van der Waals surface area contributed by atoms with Gasteiger partial charge in [-0.05, 0) is 26.0 Å². The minimum absolute atomic E-state index is 0.0199. The van der Waals surface area contributed by atoms with Crippen LogP contribution < -0.4 is 4.90 Å². The van der Waals surface area contributed by atoms with Gasteiger partial charge in [-0.1, -0.05) is 0 Å². The van der Waals surface area contributed by atoms with Gasteiger partial charge in [0.05, 0.1) is 12.2 Å². The van der Waals surface area contributed by atoms with Gasteiger partial charge >= 0.3 is 0 Å². The Morgan fingerprint density at radius 2 is 2.18 bits per heavy atom. The summed E-state index contributed by atoms with van der Waals surface area (Å²) in [6.07, 6.45) is 0. The lowest BCUT2D eigenvalue weighted by molar-refractivity contribution is 0.101. The number of carbonyl (C=O) groups excluding carboxylic acids is 1. The van der Waals surface area contributed by atoms with E-state index in [-0.39, 0.29) is 17.6 Å². The fourth-order valence-corrected chi connectivity index (χ4v) is 1.64. The molecule has 0 aliphatic carbocycles. The maximum Gasteiger partial charge on any atom is 0.163 e. The third kappa shape index (κ3) is 3.20. The number of phenolic OH excluding ortho intramolecular Hbond substituents is 1. The molecule has 0 bridgehead atoms. The number of aromatic hydroxyl groups is 1. The summed E-state index contributed by atoms with van der Waals surface area (Å²) in [5, 5.41) is 9.74. The van der Waals surface area contributed by atoms with Crippen molar-refractivity contribution in [3.8, 4) is 5.75 Å². The second kappa shape index (κ2) is 5.68. The minimum Gasteiger partial charge on any atom is -0.507 e. The Labute approximate surface area is 102 Å². The molecule has 1 atom stereocenters. The van der Waals surface area contributed by atoms with Gasteiger partial charge in [-0.2, -0.15) is 0 Å². The van der Waals surface area contributed by atoms with Gasteiger partial charge in [-0.15, -0.1) is 0 Å². The van der Waals surface area contributed by atoms with Gasteiger partial charge in [0.2, 0.25) is 0 Å². The molecule has 0 aromatic heterocycles. The Balaban J connectivity index is 2.93. The van der Waals surface area contributed by atoms with Crippen LogP contribution in [0.1, 0.15) is 24.2 Å². The highest BCUT2D eigenvalue weighted by Gasteiger charge is 2.13. The summed E-state index contributed by atoms with van der Waals surface area (Å²) in [7, 11) is 3.58. The number of likely N-dealkylation sites (N-methyl/N-ethyl adjacent to an activating group) is 1. The molecule has 0 saturated carbocycles. The molecule has 0 fully saturated rings. The molecule has 4 nitrogen and oxygen atoms in total. The van der Waals surface area contributed by atoms with Crippen LogP contribution in [-0.4, -0.2) is 37.7 Å². The van der Waals surface area contributed by atoms with Crippen LogP contribution in [0.5, 0.6) is 5.75 Å². The van der Waals surface area contributed by atoms with E-state index in [1.807, 2.05) is 24.9 Å². The molecule has 1 rings (SSSR count). The Hall–Kier alpha value is -1.55. The van der Waals surface area contributed by atoms with Crippen molar-refractivity contribution in [2.24, 2.45) is 0 Å². The minimum atomic E-state index is -0.137. The van der Waals surface area contributed by atoms with Crippen molar-refractivity contribution in [3.05, 3.63) is 23.8 Å². The van der Waals surface area contributed by atoms with Gasteiger partial charge in [0.15, 0.2) is 5.78 Å². The van der Waals surface area contributed by atoms with Gasteiger partial charge in [0.1, 0.15) is 5.75 Å². The van der Waals surface area contributed by atoms with E-state index in [1.165, 1.54) is 6.92 Å². The monoisotopic (exact) mass is 237 g/mol. The van der Waals surface area contributed by atoms with Crippen LogP contribution in [0, 0.1) is 0 Å². The average Bonchev–Trinajstić information content (AvgIpc) is 2.27. The molecule has 0 heterocycles. The maximum atomic E-state index is 11.2. The molecule has 17 heavy (non-hydrogen) atoms. The van der Waals surface area contributed by atoms with E-state index in [0.717, 1.165) is 5.69 Å². The molecule has 0 aliphatic rings. The summed E-state index contributed by atoms with van der Waals surface area (Å²) in [4.78, 5) is 13.2. The predicted octanol–water partition coefficient (Wildman–Crippen LogP) is 2.07. The Kier molecular flexibility index (Phi) is 4.52. The molecule has 0 radical (unpaired) electrons. The molecule has 1 aromatic carbocycles. The lowest BCUT2D eigenvalue weighted by Gasteiger charge is -2.26. The van der Waals surface area contributed by atoms with E-state index < -0.39 is 0 Å². The second-order valence-electron chi connectivity index (χ2n) is 4.17. The van der Waals surface area contributed by atoms with Crippen LogP contribution in [0.2, 0.25) is 0 Å². The Bertz CT molecular complexity index is 404. The molecule has 1 unspecified atom stereocenters. The van der Waals surface area contributed by atoms with Crippen LogP contribution in [-0.2, 0) is 4.74 Å². The normalized spacial score (nSPS) is 12.2. The number of ketones is 1. The summed E-state index contributed by atoms with van der Waals surface area (Å²) in [6, 6.07) is 5.26. The first kappa shape index (κ1) is 13.5. The van der Waals surface area contributed by atoms with Crippen molar-refractivity contribution < 1.29 is 14.6 Å². The fraction of sp³-hybridized carbons (Fsp3) is 0.462. The zero-order valence-electron chi connectivity index (χ0n) is 10.7. The van der Waals surface area contributed by atoms with Crippen molar-refractivity contribution in [1.29, 1.82) is 0 Å². The number of benzene rings is 1. The molecule has 1 aromatic rings. The highest BCUT2D eigenvalue weighted by molar-refractivity contribution is 5.97. The van der Waals surface area contributed by atoms with Crippen LogP contribution in [0.15, 0.2) is 18.2 Å². The highest BCUT2D eigenvalue weighted by Crippen LogP contribution is 2.25. The number of hydrogen-bond acceptors (Lipinski definition) is 4.